The number of hydrazine groups is 1. The monoisotopic (exact) mass is 490 g/mol. The van der Waals surface area contributed by atoms with E-state index >= 15 is 0 Å². The van der Waals surface area contributed by atoms with Crippen molar-refractivity contribution in [2.45, 2.75) is 38.6 Å². The van der Waals surface area contributed by atoms with Crippen molar-refractivity contribution < 1.29 is 4.74 Å². The van der Waals surface area contributed by atoms with Crippen LogP contribution in [0.2, 0.25) is 10.0 Å². The van der Waals surface area contributed by atoms with Crippen LogP contribution in [0.25, 0.3) is 0 Å². The van der Waals surface area contributed by atoms with Gasteiger partial charge >= 0.3 is 0 Å². The van der Waals surface area contributed by atoms with Crippen LogP contribution in [0, 0.1) is 5.92 Å². The zero-order chi connectivity index (χ0) is 22.7. The summed E-state index contributed by atoms with van der Waals surface area (Å²) in [6, 6.07) is 13.5. The van der Waals surface area contributed by atoms with Gasteiger partial charge in [0.2, 0.25) is 0 Å². The first-order valence-corrected chi connectivity index (χ1v) is 12.2. The number of rotatable bonds is 5. The zero-order valence-electron chi connectivity index (χ0n) is 18.4. The largest absolute Gasteiger partial charge is 0.497 e. The molecule has 2 aliphatic heterocycles. The maximum atomic E-state index is 6.59. The quantitative estimate of drug-likeness (QED) is 0.500. The minimum atomic E-state index is -0.0570. The van der Waals surface area contributed by atoms with Crippen molar-refractivity contribution in [3.8, 4) is 5.75 Å². The standard InChI is InChI=1S/C24H28Cl2N4OS/c1-16-22(24(32)28-29-13-5-3-4-6-14-29)27-30(21-12-9-18(25)15-20(21)26)23(16)17-7-10-19(31-2)11-8-17/h7-12,15-16,23H,3-6,13-14H2,1-2H3,(H,28,32). The minimum Gasteiger partial charge on any atom is -0.497 e. The van der Waals surface area contributed by atoms with E-state index in [0.717, 1.165) is 35.8 Å². The number of methoxy groups -OCH3 is 1. The summed E-state index contributed by atoms with van der Waals surface area (Å²) in [5, 5.41) is 10.3. The van der Waals surface area contributed by atoms with E-state index in [-0.39, 0.29) is 12.0 Å². The summed E-state index contributed by atoms with van der Waals surface area (Å²) in [5.41, 5.74) is 6.22. The van der Waals surface area contributed by atoms with E-state index in [1.807, 2.05) is 29.3 Å². The fourth-order valence-electron chi connectivity index (χ4n) is 4.37. The molecule has 2 aromatic carbocycles. The first-order valence-electron chi connectivity index (χ1n) is 11.0. The number of nitrogens with zero attached hydrogens (tertiary/aromatic N) is 3. The van der Waals surface area contributed by atoms with Gasteiger partial charge in [-0.15, -0.1) is 0 Å². The van der Waals surface area contributed by atoms with Crippen LogP contribution < -0.4 is 15.2 Å². The van der Waals surface area contributed by atoms with E-state index in [1.54, 1.807) is 13.2 Å². The molecule has 4 rings (SSSR count). The van der Waals surface area contributed by atoms with Crippen LogP contribution in [0.4, 0.5) is 5.69 Å². The third-order valence-electron chi connectivity index (χ3n) is 6.10. The summed E-state index contributed by atoms with van der Waals surface area (Å²) in [6.07, 6.45) is 4.90. The number of ether oxygens (including phenoxy) is 1. The van der Waals surface area contributed by atoms with E-state index < -0.39 is 0 Å². The molecule has 2 unspecified atom stereocenters. The molecule has 0 bridgehead atoms. The minimum absolute atomic E-state index is 0.0570. The van der Waals surface area contributed by atoms with Crippen LogP contribution in [-0.4, -0.2) is 35.9 Å². The van der Waals surface area contributed by atoms with Gasteiger partial charge in [-0.05, 0) is 48.7 Å². The Bertz CT molecular complexity index is 990. The maximum absolute atomic E-state index is 6.59. The van der Waals surface area contributed by atoms with Gasteiger partial charge in [0, 0.05) is 24.0 Å². The van der Waals surface area contributed by atoms with E-state index in [0.29, 0.717) is 15.0 Å². The molecular formula is C24H28Cl2N4OS. The molecule has 8 heteroatoms. The molecule has 0 saturated carbocycles. The van der Waals surface area contributed by atoms with E-state index in [4.69, 9.17) is 45.3 Å². The highest BCUT2D eigenvalue weighted by Crippen LogP contribution is 2.42. The predicted molar refractivity (Wildman–Crippen MR) is 137 cm³/mol. The molecule has 2 aliphatic rings. The molecule has 2 atom stereocenters. The van der Waals surface area contributed by atoms with Gasteiger partial charge in [0.05, 0.1) is 23.9 Å². The van der Waals surface area contributed by atoms with Crippen molar-refractivity contribution in [3.63, 3.8) is 0 Å². The van der Waals surface area contributed by atoms with Crippen molar-refractivity contribution in [1.82, 2.24) is 10.4 Å². The SMILES string of the molecule is COc1ccc(C2C(C)C(C(=S)NN3CCCCCC3)=NN2c2ccc(Cl)cc2Cl)cc1. The fourth-order valence-corrected chi connectivity index (χ4v) is 5.22. The lowest BCUT2D eigenvalue weighted by Crippen LogP contribution is -2.45. The van der Waals surface area contributed by atoms with Crippen molar-refractivity contribution in [1.29, 1.82) is 0 Å². The number of halogens is 2. The number of hydrogen-bond acceptors (Lipinski definition) is 5. The molecular weight excluding hydrogens is 463 g/mol. The summed E-state index contributed by atoms with van der Waals surface area (Å²) >= 11 is 18.6. The highest BCUT2D eigenvalue weighted by molar-refractivity contribution is 7.82. The average molecular weight is 491 g/mol. The summed E-state index contributed by atoms with van der Waals surface area (Å²) in [6.45, 7) is 4.15. The third-order valence-corrected chi connectivity index (χ3v) is 6.93. The highest BCUT2D eigenvalue weighted by Gasteiger charge is 2.39. The van der Waals surface area contributed by atoms with Crippen LogP contribution >= 0.6 is 35.4 Å². The Balaban J connectivity index is 1.66. The van der Waals surface area contributed by atoms with Crippen molar-refractivity contribution in [3.05, 3.63) is 58.1 Å². The number of benzene rings is 2. The summed E-state index contributed by atoms with van der Waals surface area (Å²) in [4.78, 5) is 0.672. The summed E-state index contributed by atoms with van der Waals surface area (Å²) < 4.78 is 5.34. The molecule has 2 heterocycles. The molecule has 5 nitrogen and oxygen atoms in total. The summed E-state index contributed by atoms with van der Waals surface area (Å²) in [5.74, 6) is 0.872. The van der Waals surface area contributed by atoms with Gasteiger partial charge in [-0.3, -0.25) is 5.01 Å². The van der Waals surface area contributed by atoms with E-state index in [1.165, 1.54) is 25.7 Å². The van der Waals surface area contributed by atoms with Crippen molar-refractivity contribution >= 4 is 51.8 Å². The number of nitrogens with one attached hydrogen (secondary N) is 1. The van der Waals surface area contributed by atoms with Crippen LogP contribution in [0.5, 0.6) is 5.75 Å². The Labute approximate surface area is 205 Å². The number of thiocarbonyl (C=S) groups is 1. The van der Waals surface area contributed by atoms with Gasteiger partial charge < -0.3 is 10.2 Å². The van der Waals surface area contributed by atoms with Crippen molar-refractivity contribution in [2.24, 2.45) is 11.0 Å². The molecule has 0 radical (unpaired) electrons. The molecule has 32 heavy (non-hydrogen) atoms. The normalized spacial score (nSPS) is 21.8. The summed E-state index contributed by atoms with van der Waals surface area (Å²) in [7, 11) is 1.67. The first kappa shape index (κ1) is 23.3. The average Bonchev–Trinajstić information content (AvgIpc) is 2.94. The van der Waals surface area contributed by atoms with Crippen LogP contribution in [0.3, 0.4) is 0 Å². The predicted octanol–water partition coefficient (Wildman–Crippen LogP) is 6.26. The fraction of sp³-hybridized carbons (Fsp3) is 0.417. The lowest BCUT2D eigenvalue weighted by molar-refractivity contribution is 0.248. The van der Waals surface area contributed by atoms with Gasteiger partial charge in [0.15, 0.2) is 0 Å². The second-order valence-electron chi connectivity index (χ2n) is 8.27. The van der Waals surface area contributed by atoms with E-state index in [9.17, 15) is 0 Å². The van der Waals surface area contributed by atoms with Gasteiger partial charge in [-0.25, -0.2) is 5.01 Å². The molecule has 1 saturated heterocycles. The number of hydrogen-bond donors (Lipinski definition) is 1. The van der Waals surface area contributed by atoms with Gasteiger partial charge in [-0.2, -0.15) is 5.10 Å². The maximum Gasteiger partial charge on any atom is 0.137 e. The van der Waals surface area contributed by atoms with Crippen LogP contribution in [0.1, 0.15) is 44.2 Å². The molecule has 2 aromatic rings. The molecule has 0 amide bonds. The Kier molecular flexibility index (Phi) is 7.56. The second-order valence-corrected chi connectivity index (χ2v) is 9.53. The molecule has 1 N–H and O–H groups in total. The Morgan fingerprint density at radius 1 is 1.06 bits per heavy atom. The van der Waals surface area contributed by atoms with Gasteiger partial charge in [0.1, 0.15) is 16.4 Å². The van der Waals surface area contributed by atoms with Gasteiger partial charge in [0.25, 0.3) is 0 Å². The Morgan fingerprint density at radius 3 is 2.38 bits per heavy atom. The van der Waals surface area contributed by atoms with Crippen LogP contribution in [0.15, 0.2) is 47.6 Å². The number of anilines is 1. The lowest BCUT2D eigenvalue weighted by Gasteiger charge is -2.28. The Morgan fingerprint density at radius 2 is 1.75 bits per heavy atom. The smallest absolute Gasteiger partial charge is 0.137 e. The molecule has 0 aliphatic carbocycles. The lowest BCUT2D eigenvalue weighted by atomic mass is 9.91. The van der Waals surface area contributed by atoms with E-state index in [2.05, 4.69) is 29.5 Å². The number of hydrazone groups is 1. The molecule has 0 aromatic heterocycles. The van der Waals surface area contributed by atoms with Crippen LogP contribution in [-0.2, 0) is 0 Å². The molecule has 170 valence electrons. The van der Waals surface area contributed by atoms with Gasteiger partial charge in [-0.1, -0.05) is 67.3 Å². The zero-order valence-corrected chi connectivity index (χ0v) is 20.7. The third kappa shape index (κ3) is 5.04. The highest BCUT2D eigenvalue weighted by atomic mass is 35.5. The molecule has 1 fully saturated rings. The Hall–Kier alpha value is -1.86. The molecule has 0 spiro atoms. The topological polar surface area (TPSA) is 40.1 Å². The second kappa shape index (κ2) is 10.4. The van der Waals surface area contributed by atoms with Crippen molar-refractivity contribution in [2.75, 3.05) is 25.2 Å². The first-order chi connectivity index (χ1) is 15.5.